The normalized spacial score (nSPS) is 20.3. The summed E-state index contributed by atoms with van der Waals surface area (Å²) in [6, 6.07) is 9.30. The number of para-hydroxylation sites is 1. The Kier molecular flexibility index (Phi) is 4.10. The molecular formula is C17H21N3O2S. The molecule has 5 nitrogen and oxygen atoms in total. The first-order valence-electron chi connectivity index (χ1n) is 7.94. The summed E-state index contributed by atoms with van der Waals surface area (Å²) in [5.41, 5.74) is 0.171. The van der Waals surface area contributed by atoms with Gasteiger partial charge in [0.15, 0.2) is 5.11 Å². The molecule has 3 rings (SSSR count). The number of carbonyl (C=O) groups is 2. The molecule has 1 aliphatic carbocycles. The van der Waals surface area contributed by atoms with Crippen molar-refractivity contribution in [2.75, 3.05) is 19.0 Å². The van der Waals surface area contributed by atoms with Crippen LogP contribution in [-0.2, 0) is 4.79 Å². The molecular weight excluding hydrogens is 310 g/mol. The largest absolute Gasteiger partial charge is 0.332 e. The van der Waals surface area contributed by atoms with Gasteiger partial charge in [0.05, 0.1) is 0 Å². The standard InChI is InChI=1S/C17H21N3O2S/c1-18(2)15(22)19-14(21)17(11-7-4-8-12-17)20(16(19)23)13-9-5-3-6-10-13/h3,5-6,9-10H,4,7-8,11-12H2,1-2H3. The highest BCUT2D eigenvalue weighted by atomic mass is 32.1. The van der Waals surface area contributed by atoms with Crippen molar-refractivity contribution in [2.45, 2.75) is 37.6 Å². The molecule has 1 heterocycles. The summed E-state index contributed by atoms with van der Waals surface area (Å²) in [6.45, 7) is 0. The SMILES string of the molecule is CN(C)C(=O)N1C(=O)C2(CCCCC2)N(c2ccccc2)C1=S. The first-order chi connectivity index (χ1) is 11.0. The highest BCUT2D eigenvalue weighted by Crippen LogP contribution is 2.43. The van der Waals surface area contributed by atoms with Crippen molar-refractivity contribution in [3.8, 4) is 0 Å². The highest BCUT2D eigenvalue weighted by molar-refractivity contribution is 7.80. The number of amides is 3. The van der Waals surface area contributed by atoms with E-state index in [4.69, 9.17) is 12.2 Å². The lowest BCUT2D eigenvalue weighted by atomic mass is 9.80. The molecule has 0 bridgehead atoms. The minimum absolute atomic E-state index is 0.176. The molecule has 3 amide bonds. The Morgan fingerprint density at radius 2 is 1.74 bits per heavy atom. The Balaban J connectivity index is 2.09. The summed E-state index contributed by atoms with van der Waals surface area (Å²) in [5, 5.41) is 0.293. The van der Waals surface area contributed by atoms with E-state index in [2.05, 4.69) is 0 Å². The molecule has 2 fully saturated rings. The second-order valence-corrected chi connectivity index (χ2v) is 6.73. The molecule has 1 aromatic carbocycles. The van der Waals surface area contributed by atoms with Gasteiger partial charge in [-0.1, -0.05) is 37.5 Å². The second-order valence-electron chi connectivity index (χ2n) is 6.36. The van der Waals surface area contributed by atoms with Crippen LogP contribution in [0.15, 0.2) is 30.3 Å². The van der Waals surface area contributed by atoms with Gasteiger partial charge in [-0.2, -0.15) is 0 Å². The summed E-state index contributed by atoms with van der Waals surface area (Å²) >= 11 is 5.55. The third-order valence-corrected chi connectivity index (χ3v) is 5.05. The molecule has 1 spiro atoms. The fourth-order valence-electron chi connectivity index (χ4n) is 3.55. The monoisotopic (exact) mass is 331 g/mol. The van der Waals surface area contributed by atoms with E-state index in [-0.39, 0.29) is 11.9 Å². The van der Waals surface area contributed by atoms with E-state index in [1.54, 1.807) is 14.1 Å². The minimum Gasteiger partial charge on any atom is -0.330 e. The first kappa shape index (κ1) is 15.9. The van der Waals surface area contributed by atoms with Crippen LogP contribution in [0.25, 0.3) is 0 Å². The summed E-state index contributed by atoms with van der Waals surface area (Å²) in [6.07, 6.45) is 4.53. The Morgan fingerprint density at radius 1 is 1.13 bits per heavy atom. The van der Waals surface area contributed by atoms with Crippen LogP contribution in [0.3, 0.4) is 0 Å². The van der Waals surface area contributed by atoms with Crippen molar-refractivity contribution in [2.24, 2.45) is 0 Å². The van der Waals surface area contributed by atoms with Crippen LogP contribution in [0.1, 0.15) is 32.1 Å². The van der Waals surface area contributed by atoms with Crippen molar-refractivity contribution in [1.82, 2.24) is 9.80 Å². The molecule has 0 N–H and O–H groups in total. The Bertz CT molecular complexity index is 638. The van der Waals surface area contributed by atoms with E-state index < -0.39 is 5.54 Å². The number of anilines is 1. The Labute approximate surface area is 141 Å². The van der Waals surface area contributed by atoms with E-state index >= 15 is 0 Å². The summed E-state index contributed by atoms with van der Waals surface area (Å²) in [5.74, 6) is -0.176. The predicted molar refractivity (Wildman–Crippen MR) is 93.3 cm³/mol. The lowest BCUT2D eigenvalue weighted by Crippen LogP contribution is -2.51. The van der Waals surface area contributed by atoms with Crippen molar-refractivity contribution < 1.29 is 9.59 Å². The first-order valence-corrected chi connectivity index (χ1v) is 8.35. The van der Waals surface area contributed by atoms with E-state index in [1.807, 2.05) is 35.2 Å². The van der Waals surface area contributed by atoms with Crippen LogP contribution in [0.5, 0.6) is 0 Å². The third kappa shape index (κ3) is 2.41. The number of hydrogen-bond acceptors (Lipinski definition) is 3. The fourth-order valence-corrected chi connectivity index (χ4v) is 3.99. The zero-order chi connectivity index (χ0) is 16.6. The third-order valence-electron chi connectivity index (χ3n) is 4.68. The van der Waals surface area contributed by atoms with E-state index in [0.29, 0.717) is 5.11 Å². The molecule has 122 valence electrons. The number of carbonyl (C=O) groups excluding carboxylic acids is 2. The van der Waals surface area contributed by atoms with Crippen LogP contribution >= 0.6 is 12.2 Å². The molecule has 6 heteroatoms. The summed E-state index contributed by atoms with van der Waals surface area (Å²) < 4.78 is 0. The van der Waals surface area contributed by atoms with Crippen LogP contribution in [0.4, 0.5) is 10.5 Å². The topological polar surface area (TPSA) is 43.9 Å². The average molecular weight is 331 g/mol. The zero-order valence-electron chi connectivity index (χ0n) is 13.5. The van der Waals surface area contributed by atoms with Gasteiger partial charge in [-0.05, 0) is 37.2 Å². The van der Waals surface area contributed by atoms with Gasteiger partial charge in [-0.3, -0.25) is 4.79 Å². The van der Waals surface area contributed by atoms with Gasteiger partial charge in [-0.25, -0.2) is 9.69 Å². The smallest absolute Gasteiger partial charge is 0.330 e. The Hall–Kier alpha value is -1.95. The van der Waals surface area contributed by atoms with Crippen LogP contribution in [-0.4, -0.2) is 46.5 Å². The van der Waals surface area contributed by atoms with Gasteiger partial charge < -0.3 is 9.80 Å². The fraction of sp³-hybridized carbons (Fsp3) is 0.471. The van der Waals surface area contributed by atoms with Gasteiger partial charge in [0, 0.05) is 19.8 Å². The van der Waals surface area contributed by atoms with Gasteiger partial charge in [0.25, 0.3) is 5.91 Å². The molecule has 1 saturated carbocycles. The molecule has 0 atom stereocenters. The second kappa shape index (κ2) is 5.92. The van der Waals surface area contributed by atoms with Gasteiger partial charge in [0.1, 0.15) is 5.54 Å². The van der Waals surface area contributed by atoms with Crippen molar-refractivity contribution in [3.05, 3.63) is 30.3 Å². The zero-order valence-corrected chi connectivity index (χ0v) is 14.3. The molecule has 0 unspecified atom stereocenters. The summed E-state index contributed by atoms with van der Waals surface area (Å²) in [7, 11) is 3.27. The number of rotatable bonds is 1. The maximum atomic E-state index is 13.2. The van der Waals surface area contributed by atoms with Crippen LogP contribution in [0, 0.1) is 0 Å². The number of benzene rings is 1. The molecule has 23 heavy (non-hydrogen) atoms. The van der Waals surface area contributed by atoms with Crippen molar-refractivity contribution in [1.29, 1.82) is 0 Å². The average Bonchev–Trinajstić information content (AvgIpc) is 2.76. The number of thiocarbonyl (C=S) groups is 1. The number of imide groups is 1. The highest BCUT2D eigenvalue weighted by Gasteiger charge is 2.58. The molecule has 1 aromatic rings. The molecule has 1 aliphatic heterocycles. The summed E-state index contributed by atoms with van der Waals surface area (Å²) in [4.78, 5) is 30.1. The van der Waals surface area contributed by atoms with Gasteiger partial charge in [0.2, 0.25) is 0 Å². The maximum absolute atomic E-state index is 13.2. The van der Waals surface area contributed by atoms with Gasteiger partial charge in [-0.15, -0.1) is 0 Å². The maximum Gasteiger partial charge on any atom is 0.332 e. The van der Waals surface area contributed by atoms with Crippen molar-refractivity contribution >= 4 is 35.0 Å². The number of hydrogen-bond donors (Lipinski definition) is 0. The molecule has 2 aliphatic rings. The molecule has 0 radical (unpaired) electrons. The van der Waals surface area contributed by atoms with E-state index in [1.165, 1.54) is 9.80 Å². The number of nitrogens with zero attached hydrogens (tertiary/aromatic N) is 3. The van der Waals surface area contributed by atoms with Crippen LogP contribution < -0.4 is 4.90 Å². The lowest BCUT2D eigenvalue weighted by Gasteiger charge is -2.39. The van der Waals surface area contributed by atoms with Crippen LogP contribution in [0.2, 0.25) is 0 Å². The van der Waals surface area contributed by atoms with E-state index in [0.717, 1.165) is 37.8 Å². The molecule has 1 saturated heterocycles. The Morgan fingerprint density at radius 3 is 2.30 bits per heavy atom. The predicted octanol–water partition coefficient (Wildman–Crippen LogP) is 3.00. The molecule has 0 aromatic heterocycles. The number of urea groups is 1. The van der Waals surface area contributed by atoms with E-state index in [9.17, 15) is 9.59 Å². The lowest BCUT2D eigenvalue weighted by molar-refractivity contribution is -0.129. The van der Waals surface area contributed by atoms with Gasteiger partial charge >= 0.3 is 6.03 Å². The van der Waals surface area contributed by atoms with Crippen molar-refractivity contribution in [3.63, 3.8) is 0 Å². The minimum atomic E-state index is -0.706. The quantitative estimate of drug-likeness (QED) is 0.742.